The van der Waals surface area contributed by atoms with Crippen LogP contribution in [0.4, 0.5) is 0 Å². The topological polar surface area (TPSA) is 76.5 Å². The molecule has 4 atom stereocenters. The van der Waals surface area contributed by atoms with Crippen LogP contribution in [0.2, 0.25) is 0 Å². The number of rotatable bonds is 2. The molecule has 1 aromatic carbocycles. The number of ether oxygens (including phenoxy) is 1. The fourth-order valence-electron chi connectivity index (χ4n) is 5.46. The van der Waals surface area contributed by atoms with E-state index in [1.165, 1.54) is 11.1 Å². The molecule has 3 aliphatic rings. The van der Waals surface area contributed by atoms with Crippen LogP contribution < -0.4 is 5.32 Å². The van der Waals surface area contributed by atoms with E-state index in [4.69, 9.17) is 4.74 Å². The van der Waals surface area contributed by atoms with Gasteiger partial charge >= 0.3 is 11.8 Å². The average molecular weight is 409 g/mol. The molecular weight excluding hydrogens is 380 g/mol. The Bertz CT molecular complexity index is 1010. The van der Waals surface area contributed by atoms with E-state index in [1.54, 1.807) is 4.90 Å². The van der Waals surface area contributed by atoms with Crippen molar-refractivity contribution < 1.29 is 14.3 Å². The van der Waals surface area contributed by atoms with Crippen LogP contribution in [-0.4, -0.2) is 52.3 Å². The number of benzene rings is 1. The molecule has 1 saturated heterocycles. The van der Waals surface area contributed by atoms with Crippen LogP contribution in [0.25, 0.3) is 0 Å². The van der Waals surface area contributed by atoms with Crippen molar-refractivity contribution in [3.8, 4) is 0 Å². The maximum atomic E-state index is 13.2. The first-order valence-corrected chi connectivity index (χ1v) is 10.7. The molecule has 1 aromatic heterocycles. The first-order valence-electron chi connectivity index (χ1n) is 10.7. The van der Waals surface area contributed by atoms with E-state index in [1.807, 2.05) is 25.6 Å². The molecule has 4 unspecified atom stereocenters. The third-order valence-corrected chi connectivity index (χ3v) is 7.11. The van der Waals surface area contributed by atoms with Crippen molar-refractivity contribution in [2.24, 2.45) is 13.0 Å². The molecule has 0 bridgehead atoms. The third-order valence-electron chi connectivity index (χ3n) is 7.11. The van der Waals surface area contributed by atoms with Gasteiger partial charge in [-0.25, -0.2) is 0 Å². The fourth-order valence-corrected chi connectivity index (χ4v) is 5.46. The smallest absolute Gasteiger partial charge is 0.312 e. The SMILES string of the molecule is Cc1nn(C)c(C)c1C1COCCN1C(=O)C(=O)NC1C2CCc3ccccc3C21. The zero-order valence-corrected chi connectivity index (χ0v) is 17.7. The Hall–Kier alpha value is -2.67. The molecule has 158 valence electrons. The lowest BCUT2D eigenvalue weighted by Crippen LogP contribution is -2.50. The Labute approximate surface area is 176 Å². The summed E-state index contributed by atoms with van der Waals surface area (Å²) in [5.74, 6) is -0.184. The van der Waals surface area contributed by atoms with Crippen LogP contribution in [-0.2, 0) is 27.8 Å². The number of aromatic nitrogens is 2. The normalized spacial score (nSPS) is 27.2. The first-order chi connectivity index (χ1) is 14.5. The van der Waals surface area contributed by atoms with Crippen LogP contribution in [0.3, 0.4) is 0 Å². The Balaban J connectivity index is 1.32. The van der Waals surface area contributed by atoms with Crippen molar-refractivity contribution in [1.29, 1.82) is 0 Å². The summed E-state index contributed by atoms with van der Waals surface area (Å²) in [7, 11) is 1.89. The van der Waals surface area contributed by atoms with E-state index in [9.17, 15) is 9.59 Å². The molecule has 2 heterocycles. The maximum Gasteiger partial charge on any atom is 0.312 e. The Kier molecular flexibility index (Phi) is 4.65. The Morgan fingerprint density at radius 3 is 2.80 bits per heavy atom. The second-order valence-corrected chi connectivity index (χ2v) is 8.72. The summed E-state index contributed by atoms with van der Waals surface area (Å²) in [6.45, 7) is 5.15. The molecule has 1 aliphatic heterocycles. The van der Waals surface area contributed by atoms with E-state index in [-0.39, 0.29) is 12.1 Å². The minimum absolute atomic E-state index is 0.0615. The van der Waals surface area contributed by atoms with Crippen molar-refractivity contribution in [1.82, 2.24) is 20.0 Å². The lowest BCUT2D eigenvalue weighted by atomic mass is 9.92. The second kappa shape index (κ2) is 7.23. The summed E-state index contributed by atoms with van der Waals surface area (Å²) >= 11 is 0. The summed E-state index contributed by atoms with van der Waals surface area (Å²) in [4.78, 5) is 27.8. The van der Waals surface area contributed by atoms with E-state index in [0.29, 0.717) is 31.6 Å². The number of carbonyl (C=O) groups is 2. The Morgan fingerprint density at radius 1 is 1.23 bits per heavy atom. The summed E-state index contributed by atoms with van der Waals surface area (Å²) in [5, 5.41) is 7.52. The highest BCUT2D eigenvalue weighted by Crippen LogP contribution is 2.54. The predicted molar refractivity (Wildman–Crippen MR) is 111 cm³/mol. The van der Waals surface area contributed by atoms with Gasteiger partial charge in [0.2, 0.25) is 0 Å². The number of amides is 2. The van der Waals surface area contributed by atoms with Crippen LogP contribution in [0.5, 0.6) is 0 Å². The van der Waals surface area contributed by atoms with Crippen LogP contribution >= 0.6 is 0 Å². The number of aryl methyl sites for hydroxylation is 3. The van der Waals surface area contributed by atoms with Crippen LogP contribution in [0.1, 0.15) is 46.5 Å². The fraction of sp³-hybridized carbons (Fsp3) is 0.522. The molecule has 7 heteroatoms. The van der Waals surface area contributed by atoms with Gasteiger partial charge in [-0.1, -0.05) is 24.3 Å². The number of nitrogens with one attached hydrogen (secondary N) is 1. The maximum absolute atomic E-state index is 13.2. The summed E-state index contributed by atoms with van der Waals surface area (Å²) in [6, 6.07) is 8.23. The minimum atomic E-state index is -0.502. The number of hydrogen-bond acceptors (Lipinski definition) is 4. The van der Waals surface area contributed by atoms with Gasteiger partial charge in [0.1, 0.15) is 0 Å². The van der Waals surface area contributed by atoms with Gasteiger partial charge in [-0.2, -0.15) is 5.10 Å². The van der Waals surface area contributed by atoms with E-state index < -0.39 is 11.8 Å². The second-order valence-electron chi connectivity index (χ2n) is 8.72. The molecule has 30 heavy (non-hydrogen) atoms. The largest absolute Gasteiger partial charge is 0.377 e. The number of hydrogen-bond donors (Lipinski definition) is 1. The van der Waals surface area contributed by atoms with Gasteiger partial charge < -0.3 is 15.0 Å². The summed E-state index contributed by atoms with van der Waals surface area (Å²) < 4.78 is 7.48. The molecular formula is C23H28N4O3. The number of morpholine rings is 1. The van der Waals surface area contributed by atoms with Gasteiger partial charge in [-0.3, -0.25) is 14.3 Å². The van der Waals surface area contributed by atoms with Crippen LogP contribution in [0, 0.1) is 19.8 Å². The number of fused-ring (bicyclic) bond motifs is 3. The number of carbonyl (C=O) groups excluding carboxylic acids is 2. The van der Waals surface area contributed by atoms with Gasteiger partial charge in [0, 0.05) is 36.8 Å². The van der Waals surface area contributed by atoms with Gasteiger partial charge in [0.05, 0.1) is 24.9 Å². The molecule has 5 rings (SSSR count). The molecule has 2 amide bonds. The van der Waals surface area contributed by atoms with Crippen molar-refractivity contribution in [2.75, 3.05) is 19.8 Å². The first kappa shape index (κ1) is 19.3. The van der Waals surface area contributed by atoms with E-state index in [0.717, 1.165) is 29.8 Å². The molecule has 7 nitrogen and oxygen atoms in total. The van der Waals surface area contributed by atoms with Gasteiger partial charge in [0.15, 0.2) is 0 Å². The third kappa shape index (κ3) is 3.03. The van der Waals surface area contributed by atoms with Gasteiger partial charge in [0.25, 0.3) is 0 Å². The van der Waals surface area contributed by atoms with Gasteiger partial charge in [-0.05, 0) is 43.7 Å². The lowest BCUT2D eigenvalue weighted by molar-refractivity contribution is -0.152. The summed E-state index contributed by atoms with van der Waals surface area (Å²) in [5.41, 5.74) is 5.54. The molecule has 2 aliphatic carbocycles. The molecule has 1 saturated carbocycles. The van der Waals surface area contributed by atoms with Crippen molar-refractivity contribution in [3.05, 3.63) is 52.3 Å². The summed E-state index contributed by atoms with van der Waals surface area (Å²) in [6.07, 6.45) is 2.11. The average Bonchev–Trinajstić information content (AvgIpc) is 3.39. The van der Waals surface area contributed by atoms with Crippen molar-refractivity contribution >= 4 is 11.8 Å². The lowest BCUT2D eigenvalue weighted by Gasteiger charge is -2.35. The van der Waals surface area contributed by atoms with Crippen molar-refractivity contribution in [2.45, 2.75) is 44.7 Å². The zero-order chi connectivity index (χ0) is 21.0. The van der Waals surface area contributed by atoms with Gasteiger partial charge in [-0.15, -0.1) is 0 Å². The monoisotopic (exact) mass is 408 g/mol. The van der Waals surface area contributed by atoms with E-state index >= 15 is 0 Å². The quantitative estimate of drug-likeness (QED) is 0.769. The molecule has 2 aromatic rings. The molecule has 1 N–H and O–H groups in total. The zero-order valence-electron chi connectivity index (χ0n) is 17.7. The predicted octanol–water partition coefficient (Wildman–Crippen LogP) is 1.78. The highest BCUT2D eigenvalue weighted by Gasteiger charge is 2.54. The van der Waals surface area contributed by atoms with E-state index in [2.05, 4.69) is 34.7 Å². The highest BCUT2D eigenvalue weighted by molar-refractivity contribution is 6.35. The molecule has 0 spiro atoms. The Morgan fingerprint density at radius 2 is 2.03 bits per heavy atom. The highest BCUT2D eigenvalue weighted by atomic mass is 16.5. The van der Waals surface area contributed by atoms with Crippen LogP contribution in [0.15, 0.2) is 24.3 Å². The molecule has 0 radical (unpaired) electrons. The minimum Gasteiger partial charge on any atom is -0.377 e. The molecule has 2 fully saturated rings. The number of nitrogens with zero attached hydrogens (tertiary/aromatic N) is 3. The standard InChI is InChI=1S/C23H28N4O3/c1-13-19(14(2)26(3)25-13)18-12-30-11-10-27(18)23(29)22(28)24-21-17-9-8-15-6-4-5-7-16(15)20(17)21/h4-7,17-18,20-21H,8-12H2,1-3H3,(H,24,28). The van der Waals surface area contributed by atoms with Crippen molar-refractivity contribution in [3.63, 3.8) is 0 Å².